The van der Waals surface area contributed by atoms with E-state index in [1.807, 2.05) is 0 Å². The molecule has 0 aliphatic carbocycles. The summed E-state index contributed by atoms with van der Waals surface area (Å²) in [6.45, 7) is 0. The highest BCUT2D eigenvalue weighted by atomic mass is 15.1. The summed E-state index contributed by atoms with van der Waals surface area (Å²) in [5, 5.41) is 10.1. The van der Waals surface area contributed by atoms with E-state index in [4.69, 9.17) is 0 Å². The van der Waals surface area contributed by atoms with E-state index in [2.05, 4.69) is 276 Å². The zero-order valence-corrected chi connectivity index (χ0v) is 37.3. The van der Waals surface area contributed by atoms with Crippen LogP contribution >= 0.6 is 0 Å². The lowest BCUT2D eigenvalue weighted by Gasteiger charge is -2.26. The zero-order chi connectivity index (χ0) is 45.0. The predicted molar refractivity (Wildman–Crippen MR) is 290 cm³/mol. The Morgan fingerprint density at radius 1 is 0.250 bits per heavy atom. The molecule has 1 heterocycles. The molecule has 0 unspecified atom stereocenters. The fourth-order valence-corrected chi connectivity index (χ4v) is 10.5. The summed E-state index contributed by atoms with van der Waals surface area (Å²) in [5.41, 5.74) is 16.4. The molecule has 13 rings (SSSR count). The van der Waals surface area contributed by atoms with Crippen LogP contribution in [-0.4, -0.2) is 4.57 Å². The number of para-hydroxylation sites is 2. The van der Waals surface area contributed by atoms with Crippen molar-refractivity contribution in [3.05, 3.63) is 267 Å². The average molecular weight is 865 g/mol. The van der Waals surface area contributed by atoms with E-state index in [9.17, 15) is 0 Å². The molecule has 0 radical (unpaired) electrons. The molecular weight excluding hydrogens is 821 g/mol. The highest BCUT2D eigenvalue weighted by molar-refractivity contribution is 6.16. The maximum absolute atomic E-state index is 2.39. The number of nitrogens with zero attached hydrogens (tertiary/aromatic N) is 2. The monoisotopic (exact) mass is 864 g/mol. The van der Waals surface area contributed by atoms with E-state index in [0.717, 1.165) is 28.3 Å². The van der Waals surface area contributed by atoms with Gasteiger partial charge < -0.3 is 9.47 Å². The quantitative estimate of drug-likeness (QED) is 0.138. The summed E-state index contributed by atoms with van der Waals surface area (Å²) in [6, 6.07) is 97.4. The normalized spacial score (nSPS) is 11.5. The largest absolute Gasteiger partial charge is 0.310 e. The molecule has 0 saturated heterocycles. The molecule has 68 heavy (non-hydrogen) atoms. The Balaban J connectivity index is 0.901. The standard InChI is InChI=1S/C66H44N2/c1-2-17-54(18-3-1)68-64-25-9-8-22-63(64)66-62(24-12-26-65(66)68)52-16-10-19-57(44-52)67(56-40-35-47(36-41-56)51-37-42-61-53(43-51)32-31-49-14-5-7-21-59(49)61)55-38-33-46(34-39-55)45-27-29-50(30-28-45)60-23-11-15-48-13-4-6-20-58(48)60/h1-44H. The third-order valence-electron chi connectivity index (χ3n) is 13.8. The second-order valence-electron chi connectivity index (χ2n) is 17.7. The molecule has 2 nitrogen and oxygen atoms in total. The Bertz CT molecular complexity index is 3990. The van der Waals surface area contributed by atoms with Crippen molar-refractivity contribution in [2.24, 2.45) is 0 Å². The van der Waals surface area contributed by atoms with Crippen LogP contribution in [0.15, 0.2) is 267 Å². The topological polar surface area (TPSA) is 8.17 Å². The SMILES string of the molecule is c1ccc(-n2c3ccccc3c3c(-c4cccc(N(c5ccc(-c6ccc(-c7cccc8ccccc78)cc6)cc5)c5ccc(-c6ccc7c(ccc8ccccc87)c6)cc5)c4)cccc32)cc1. The third-order valence-corrected chi connectivity index (χ3v) is 13.8. The lowest BCUT2D eigenvalue weighted by molar-refractivity contribution is 1.18. The Labute approximate surface area is 395 Å². The van der Waals surface area contributed by atoms with Gasteiger partial charge in [0.15, 0.2) is 0 Å². The molecule has 0 bridgehead atoms. The van der Waals surface area contributed by atoms with Crippen molar-refractivity contribution in [2.75, 3.05) is 4.90 Å². The van der Waals surface area contributed by atoms with Crippen LogP contribution < -0.4 is 4.90 Å². The number of benzene rings is 12. The summed E-state index contributed by atoms with van der Waals surface area (Å²) >= 11 is 0. The van der Waals surface area contributed by atoms with Crippen molar-refractivity contribution in [3.63, 3.8) is 0 Å². The Hall–Kier alpha value is -8.98. The third kappa shape index (κ3) is 6.82. The molecule has 0 saturated carbocycles. The van der Waals surface area contributed by atoms with Gasteiger partial charge in [-0.05, 0) is 144 Å². The molecule has 0 aliphatic rings. The van der Waals surface area contributed by atoms with E-state index in [1.165, 1.54) is 93.1 Å². The predicted octanol–water partition coefficient (Wildman–Crippen LogP) is 18.4. The fourth-order valence-electron chi connectivity index (χ4n) is 10.5. The lowest BCUT2D eigenvalue weighted by Crippen LogP contribution is -2.10. The van der Waals surface area contributed by atoms with E-state index >= 15 is 0 Å². The maximum atomic E-state index is 2.39. The van der Waals surface area contributed by atoms with E-state index in [0.29, 0.717) is 0 Å². The molecule has 0 aliphatic heterocycles. The molecule has 12 aromatic carbocycles. The fraction of sp³-hybridized carbons (Fsp3) is 0. The van der Waals surface area contributed by atoms with E-state index in [-0.39, 0.29) is 0 Å². The van der Waals surface area contributed by atoms with Gasteiger partial charge in [-0.2, -0.15) is 0 Å². The summed E-state index contributed by atoms with van der Waals surface area (Å²) in [5.74, 6) is 0. The number of hydrogen-bond donors (Lipinski definition) is 0. The van der Waals surface area contributed by atoms with Gasteiger partial charge in [0, 0.05) is 33.5 Å². The smallest absolute Gasteiger partial charge is 0.0547 e. The Morgan fingerprint density at radius 2 is 0.765 bits per heavy atom. The van der Waals surface area contributed by atoms with Crippen molar-refractivity contribution in [1.29, 1.82) is 0 Å². The van der Waals surface area contributed by atoms with Crippen molar-refractivity contribution in [2.45, 2.75) is 0 Å². The highest BCUT2D eigenvalue weighted by Gasteiger charge is 2.19. The van der Waals surface area contributed by atoms with Gasteiger partial charge in [-0.15, -0.1) is 0 Å². The molecule has 0 atom stereocenters. The van der Waals surface area contributed by atoms with Crippen LogP contribution in [-0.2, 0) is 0 Å². The summed E-state index contributed by atoms with van der Waals surface area (Å²) in [7, 11) is 0. The first-order valence-electron chi connectivity index (χ1n) is 23.4. The molecular formula is C66H44N2. The van der Waals surface area contributed by atoms with Gasteiger partial charge >= 0.3 is 0 Å². The molecule has 0 N–H and O–H groups in total. The summed E-state index contributed by atoms with van der Waals surface area (Å²) < 4.78 is 2.39. The number of aromatic nitrogens is 1. The van der Waals surface area contributed by atoms with Gasteiger partial charge in [0.05, 0.1) is 11.0 Å². The number of hydrogen-bond acceptors (Lipinski definition) is 1. The Morgan fingerprint density at radius 3 is 1.53 bits per heavy atom. The average Bonchev–Trinajstić information content (AvgIpc) is 3.76. The number of fused-ring (bicyclic) bond motifs is 7. The lowest BCUT2D eigenvalue weighted by atomic mass is 9.96. The van der Waals surface area contributed by atoms with Gasteiger partial charge in [0.1, 0.15) is 0 Å². The second-order valence-corrected chi connectivity index (χ2v) is 17.7. The first-order chi connectivity index (χ1) is 33.7. The van der Waals surface area contributed by atoms with Crippen LogP contribution in [0.2, 0.25) is 0 Å². The first-order valence-corrected chi connectivity index (χ1v) is 23.4. The Kier molecular flexibility index (Phi) is 9.54. The summed E-state index contributed by atoms with van der Waals surface area (Å²) in [4.78, 5) is 2.39. The van der Waals surface area contributed by atoms with Gasteiger partial charge in [0.2, 0.25) is 0 Å². The maximum Gasteiger partial charge on any atom is 0.0547 e. The molecule has 318 valence electrons. The number of rotatable bonds is 8. The minimum absolute atomic E-state index is 1.09. The van der Waals surface area contributed by atoms with E-state index in [1.54, 1.807) is 0 Å². The van der Waals surface area contributed by atoms with Crippen LogP contribution in [0.1, 0.15) is 0 Å². The molecule has 0 spiro atoms. The van der Waals surface area contributed by atoms with Gasteiger partial charge in [-0.3, -0.25) is 0 Å². The minimum atomic E-state index is 1.09. The van der Waals surface area contributed by atoms with Crippen molar-refractivity contribution in [3.8, 4) is 50.2 Å². The highest BCUT2D eigenvalue weighted by Crippen LogP contribution is 2.43. The molecule has 0 amide bonds. The van der Waals surface area contributed by atoms with Crippen LogP contribution in [0.25, 0.3) is 104 Å². The van der Waals surface area contributed by atoms with Gasteiger partial charge in [-0.25, -0.2) is 0 Å². The van der Waals surface area contributed by atoms with Gasteiger partial charge in [-0.1, -0.05) is 200 Å². The summed E-state index contributed by atoms with van der Waals surface area (Å²) in [6.07, 6.45) is 0. The first kappa shape index (κ1) is 39.4. The second kappa shape index (κ2) is 16.5. The van der Waals surface area contributed by atoms with E-state index < -0.39 is 0 Å². The molecule has 0 fully saturated rings. The van der Waals surface area contributed by atoms with Crippen LogP contribution in [0.5, 0.6) is 0 Å². The molecule has 13 aromatic rings. The minimum Gasteiger partial charge on any atom is -0.310 e. The number of anilines is 3. The van der Waals surface area contributed by atoms with Crippen LogP contribution in [0.4, 0.5) is 17.1 Å². The van der Waals surface area contributed by atoms with Crippen LogP contribution in [0, 0.1) is 0 Å². The van der Waals surface area contributed by atoms with Crippen molar-refractivity contribution >= 4 is 71.2 Å². The molecule has 2 heteroatoms. The van der Waals surface area contributed by atoms with Crippen LogP contribution in [0.3, 0.4) is 0 Å². The van der Waals surface area contributed by atoms with Gasteiger partial charge in [0.25, 0.3) is 0 Å². The van der Waals surface area contributed by atoms with Crippen molar-refractivity contribution < 1.29 is 0 Å². The molecule has 1 aromatic heterocycles. The zero-order valence-electron chi connectivity index (χ0n) is 37.3. The van der Waals surface area contributed by atoms with Crippen molar-refractivity contribution in [1.82, 2.24) is 4.57 Å².